The molecule has 20 heavy (non-hydrogen) atoms. The van der Waals surface area contributed by atoms with Crippen molar-refractivity contribution in [2.75, 3.05) is 0 Å². The molecule has 3 heteroatoms. The maximum absolute atomic E-state index is 9.27. The smallest absolute Gasteiger partial charge is 0.306 e. The van der Waals surface area contributed by atoms with E-state index in [1.807, 2.05) is 60.7 Å². The van der Waals surface area contributed by atoms with E-state index in [1.54, 1.807) is 12.3 Å². The summed E-state index contributed by atoms with van der Waals surface area (Å²) in [7, 11) is 0. The van der Waals surface area contributed by atoms with Gasteiger partial charge in [0.15, 0.2) is 0 Å². The molecule has 3 rings (SSSR count). The van der Waals surface area contributed by atoms with Crippen molar-refractivity contribution in [1.29, 1.82) is 0 Å². The highest BCUT2D eigenvalue weighted by Gasteiger charge is 2.31. The van der Waals surface area contributed by atoms with E-state index in [1.165, 1.54) is 0 Å². The summed E-state index contributed by atoms with van der Waals surface area (Å²) in [4.78, 5) is 7.93. The minimum Gasteiger partial charge on any atom is -0.361 e. The normalized spacial score (nSPS) is 17.5. The fourth-order valence-corrected chi connectivity index (χ4v) is 2.42. The summed E-state index contributed by atoms with van der Waals surface area (Å²) >= 11 is 0. The molecular weight excluding hydrogens is 246 g/mol. The lowest BCUT2D eigenvalue weighted by Crippen LogP contribution is -2.24. The average molecular weight is 259 g/mol. The standard InChI is InChI=1S/C17H13N3/c18-20-15-11-12-19-17(14-9-5-2-6-10-14)16(15)13-7-3-1-4-8-13/h1-12,16H. The van der Waals surface area contributed by atoms with Crippen molar-refractivity contribution in [3.8, 4) is 0 Å². The zero-order valence-corrected chi connectivity index (χ0v) is 10.8. The van der Waals surface area contributed by atoms with Gasteiger partial charge in [0, 0.05) is 12.3 Å². The van der Waals surface area contributed by atoms with Crippen molar-refractivity contribution in [2.24, 2.45) is 4.99 Å². The topological polar surface area (TPSA) is 48.8 Å². The highest BCUT2D eigenvalue weighted by molar-refractivity contribution is 6.22. The van der Waals surface area contributed by atoms with Crippen LogP contribution in [0.4, 0.5) is 0 Å². The number of hydrogen-bond acceptors (Lipinski definition) is 1. The molecule has 0 aliphatic carbocycles. The van der Waals surface area contributed by atoms with Crippen molar-refractivity contribution in [2.45, 2.75) is 5.92 Å². The van der Waals surface area contributed by atoms with Crippen molar-refractivity contribution in [3.05, 3.63) is 89.6 Å². The average Bonchev–Trinajstić information content (AvgIpc) is 2.55. The van der Waals surface area contributed by atoms with Gasteiger partial charge in [0.05, 0.1) is 5.71 Å². The Hall–Kier alpha value is -2.77. The minimum absolute atomic E-state index is 0.145. The molecule has 0 saturated carbocycles. The molecule has 0 bridgehead atoms. The molecule has 0 spiro atoms. The minimum atomic E-state index is -0.145. The second-order valence-electron chi connectivity index (χ2n) is 4.56. The van der Waals surface area contributed by atoms with Gasteiger partial charge in [0.25, 0.3) is 0 Å². The number of benzene rings is 2. The third kappa shape index (κ3) is 2.22. The maximum atomic E-state index is 9.27. The molecule has 1 atom stereocenters. The molecule has 0 N–H and O–H groups in total. The maximum Gasteiger partial charge on any atom is 0.306 e. The van der Waals surface area contributed by atoms with E-state index in [9.17, 15) is 5.53 Å². The predicted molar refractivity (Wildman–Crippen MR) is 79.9 cm³/mol. The molecule has 2 aromatic rings. The first-order valence-electron chi connectivity index (χ1n) is 6.46. The third-order valence-electron chi connectivity index (χ3n) is 3.35. The van der Waals surface area contributed by atoms with Crippen LogP contribution >= 0.6 is 0 Å². The first-order chi connectivity index (χ1) is 9.90. The highest BCUT2D eigenvalue weighted by Crippen LogP contribution is 2.26. The summed E-state index contributed by atoms with van der Waals surface area (Å²) in [6.07, 6.45) is 3.42. The van der Waals surface area contributed by atoms with E-state index in [-0.39, 0.29) is 5.92 Å². The molecule has 1 aliphatic heterocycles. The second-order valence-corrected chi connectivity index (χ2v) is 4.56. The largest absolute Gasteiger partial charge is 0.361 e. The van der Waals surface area contributed by atoms with Gasteiger partial charge in [-0.05, 0) is 11.1 Å². The van der Waals surface area contributed by atoms with Gasteiger partial charge in [-0.25, -0.2) is 0 Å². The summed E-state index contributed by atoms with van der Waals surface area (Å²) in [6.45, 7) is 0. The summed E-state index contributed by atoms with van der Waals surface area (Å²) < 4.78 is 0. The van der Waals surface area contributed by atoms with Gasteiger partial charge in [0.1, 0.15) is 5.92 Å². The Morgan fingerprint density at radius 2 is 1.55 bits per heavy atom. The second kappa shape index (κ2) is 5.47. The SMILES string of the molecule is [N-]=[N+]=C1C=CN=C(c2ccccc2)C1c1ccccc1. The van der Waals surface area contributed by atoms with E-state index in [4.69, 9.17) is 0 Å². The Bertz CT molecular complexity index is 708. The van der Waals surface area contributed by atoms with Crippen LogP contribution in [0.15, 0.2) is 77.9 Å². The number of aliphatic imine (C=N–C) groups is 1. The van der Waals surface area contributed by atoms with Gasteiger partial charge in [0.2, 0.25) is 0 Å². The Morgan fingerprint density at radius 1 is 0.900 bits per heavy atom. The summed E-state index contributed by atoms with van der Waals surface area (Å²) in [6, 6.07) is 19.9. The van der Waals surface area contributed by atoms with Crippen molar-refractivity contribution in [1.82, 2.24) is 0 Å². The Morgan fingerprint density at radius 3 is 2.20 bits per heavy atom. The molecule has 1 unspecified atom stereocenters. The van der Waals surface area contributed by atoms with Crippen LogP contribution in [0.5, 0.6) is 0 Å². The highest BCUT2D eigenvalue weighted by atomic mass is 14.9. The van der Waals surface area contributed by atoms with Crippen LogP contribution in [0.1, 0.15) is 17.0 Å². The Balaban J connectivity index is 2.14. The first-order valence-corrected chi connectivity index (χ1v) is 6.46. The number of hydrogen-bond donors (Lipinski definition) is 0. The van der Waals surface area contributed by atoms with E-state index < -0.39 is 0 Å². The fourth-order valence-electron chi connectivity index (χ4n) is 2.42. The molecule has 1 aliphatic rings. The van der Waals surface area contributed by atoms with E-state index in [0.717, 1.165) is 16.8 Å². The van der Waals surface area contributed by atoms with Crippen LogP contribution in [-0.4, -0.2) is 16.2 Å². The lowest BCUT2D eigenvalue weighted by Gasteiger charge is -2.17. The van der Waals surface area contributed by atoms with Gasteiger partial charge in [-0.1, -0.05) is 60.7 Å². The van der Waals surface area contributed by atoms with Crippen LogP contribution in [0.2, 0.25) is 0 Å². The molecule has 2 aromatic carbocycles. The van der Waals surface area contributed by atoms with Crippen molar-refractivity contribution >= 4 is 11.4 Å². The van der Waals surface area contributed by atoms with Crippen LogP contribution in [0.25, 0.3) is 5.53 Å². The molecule has 96 valence electrons. The van der Waals surface area contributed by atoms with Crippen LogP contribution in [0.3, 0.4) is 0 Å². The first kappa shape index (κ1) is 12.3. The van der Waals surface area contributed by atoms with E-state index >= 15 is 0 Å². The zero-order valence-electron chi connectivity index (χ0n) is 10.8. The zero-order chi connectivity index (χ0) is 13.8. The summed E-state index contributed by atoms with van der Waals surface area (Å²) in [5.41, 5.74) is 12.9. The summed E-state index contributed by atoms with van der Waals surface area (Å²) in [5, 5.41) is 0. The predicted octanol–water partition coefficient (Wildman–Crippen LogP) is 3.46. The number of rotatable bonds is 2. The Labute approximate surface area is 117 Å². The fraction of sp³-hybridized carbons (Fsp3) is 0.0588. The van der Waals surface area contributed by atoms with Crippen LogP contribution < -0.4 is 0 Å². The summed E-state index contributed by atoms with van der Waals surface area (Å²) in [5.74, 6) is -0.145. The number of nitrogens with zero attached hydrogens (tertiary/aromatic N) is 3. The van der Waals surface area contributed by atoms with Gasteiger partial charge in [-0.15, -0.1) is 0 Å². The molecule has 0 fully saturated rings. The molecule has 3 nitrogen and oxygen atoms in total. The van der Waals surface area contributed by atoms with Crippen LogP contribution in [0, 0.1) is 0 Å². The van der Waals surface area contributed by atoms with Gasteiger partial charge in [-0.3, -0.25) is 4.99 Å². The molecule has 0 amide bonds. The lowest BCUT2D eigenvalue weighted by atomic mass is 9.85. The van der Waals surface area contributed by atoms with Gasteiger partial charge in [-0.2, -0.15) is 4.79 Å². The van der Waals surface area contributed by atoms with Gasteiger partial charge < -0.3 is 5.53 Å². The molecule has 0 saturated heterocycles. The van der Waals surface area contributed by atoms with Crippen molar-refractivity contribution in [3.63, 3.8) is 0 Å². The lowest BCUT2D eigenvalue weighted by molar-refractivity contribution is -0.00638. The Kier molecular flexibility index (Phi) is 3.36. The third-order valence-corrected chi connectivity index (χ3v) is 3.35. The van der Waals surface area contributed by atoms with Crippen LogP contribution in [-0.2, 0) is 0 Å². The molecule has 0 radical (unpaired) electrons. The molecule has 1 heterocycles. The molecule has 0 aromatic heterocycles. The molecular formula is C17H13N3. The monoisotopic (exact) mass is 259 g/mol. The number of allylic oxidation sites excluding steroid dienone is 1. The quantitative estimate of drug-likeness (QED) is 0.586. The van der Waals surface area contributed by atoms with Gasteiger partial charge >= 0.3 is 5.71 Å². The van der Waals surface area contributed by atoms with E-state index in [2.05, 4.69) is 9.78 Å². The van der Waals surface area contributed by atoms with Crippen molar-refractivity contribution < 1.29 is 4.79 Å². The van der Waals surface area contributed by atoms with E-state index in [0.29, 0.717) is 5.71 Å².